The fourth-order valence-electron chi connectivity index (χ4n) is 3.11. The summed E-state index contributed by atoms with van der Waals surface area (Å²) in [4.78, 5) is 24.7. The molecule has 5 rings (SSSR count). The van der Waals surface area contributed by atoms with Crippen LogP contribution in [0.25, 0.3) is 15.2 Å². The fourth-order valence-corrected chi connectivity index (χ4v) is 4.89. The summed E-state index contributed by atoms with van der Waals surface area (Å²) in [5.74, 6) is -0.0713. The third-order valence-electron chi connectivity index (χ3n) is 4.43. The predicted molar refractivity (Wildman–Crippen MR) is 108 cm³/mol. The number of morpholine rings is 1. The molecule has 0 bridgehead atoms. The zero-order chi connectivity index (χ0) is 18.2. The number of rotatable bonds is 4. The standard InChI is InChI=1S/C18H17N5O2S2/c24-16(10-13-11-23-5-8-26-17(23)20-13)19-12-1-2-14-15(9-12)27-18(21-14)22-3-6-25-7-4-22/h1-2,5,8-9,11H,3-4,6-7,10H2,(H,19,24). The maximum atomic E-state index is 12.4. The van der Waals surface area contributed by atoms with E-state index >= 15 is 0 Å². The van der Waals surface area contributed by atoms with Crippen LogP contribution in [-0.2, 0) is 16.0 Å². The van der Waals surface area contributed by atoms with Crippen molar-refractivity contribution in [1.29, 1.82) is 0 Å². The van der Waals surface area contributed by atoms with E-state index in [2.05, 4.69) is 15.2 Å². The molecule has 0 unspecified atom stereocenters. The molecule has 27 heavy (non-hydrogen) atoms. The quantitative estimate of drug-likeness (QED) is 0.571. The number of carbonyl (C=O) groups excluding carboxylic acids is 1. The maximum Gasteiger partial charge on any atom is 0.230 e. The highest BCUT2D eigenvalue weighted by atomic mass is 32.1. The summed E-state index contributed by atoms with van der Waals surface area (Å²) < 4.78 is 8.40. The molecule has 3 aromatic heterocycles. The van der Waals surface area contributed by atoms with Crippen molar-refractivity contribution in [3.05, 3.63) is 41.7 Å². The van der Waals surface area contributed by atoms with E-state index in [1.807, 2.05) is 40.4 Å². The van der Waals surface area contributed by atoms with Gasteiger partial charge < -0.3 is 15.0 Å². The van der Waals surface area contributed by atoms with Gasteiger partial charge in [0.1, 0.15) is 0 Å². The zero-order valence-electron chi connectivity index (χ0n) is 14.4. The van der Waals surface area contributed by atoms with E-state index < -0.39 is 0 Å². The molecule has 1 aromatic carbocycles. The predicted octanol–water partition coefficient (Wildman–Crippen LogP) is 3.02. The second-order valence-electron chi connectivity index (χ2n) is 6.33. The lowest BCUT2D eigenvalue weighted by molar-refractivity contribution is -0.115. The van der Waals surface area contributed by atoms with Crippen LogP contribution < -0.4 is 10.2 Å². The molecule has 9 heteroatoms. The monoisotopic (exact) mass is 399 g/mol. The first-order valence-electron chi connectivity index (χ1n) is 8.69. The summed E-state index contributed by atoms with van der Waals surface area (Å²) in [5.41, 5.74) is 2.51. The molecule has 4 heterocycles. The van der Waals surface area contributed by atoms with Crippen molar-refractivity contribution in [2.45, 2.75) is 6.42 Å². The van der Waals surface area contributed by atoms with Gasteiger partial charge in [-0.1, -0.05) is 11.3 Å². The van der Waals surface area contributed by atoms with E-state index in [0.29, 0.717) is 0 Å². The number of hydrogen-bond acceptors (Lipinski definition) is 7. The largest absolute Gasteiger partial charge is 0.378 e. The third kappa shape index (κ3) is 3.41. The summed E-state index contributed by atoms with van der Waals surface area (Å²) in [5, 5.41) is 5.95. The first-order chi connectivity index (χ1) is 13.2. The number of carbonyl (C=O) groups is 1. The molecule has 1 aliphatic rings. The Bertz CT molecular complexity index is 1080. The highest BCUT2D eigenvalue weighted by Gasteiger charge is 2.16. The van der Waals surface area contributed by atoms with Crippen molar-refractivity contribution in [3.63, 3.8) is 0 Å². The van der Waals surface area contributed by atoms with E-state index in [0.717, 1.165) is 58.0 Å². The Balaban J connectivity index is 1.30. The number of fused-ring (bicyclic) bond motifs is 2. The Morgan fingerprint density at radius 2 is 2.15 bits per heavy atom. The normalized spacial score (nSPS) is 14.9. The first-order valence-corrected chi connectivity index (χ1v) is 10.4. The van der Waals surface area contributed by atoms with Crippen molar-refractivity contribution < 1.29 is 9.53 Å². The molecule has 4 aromatic rings. The van der Waals surface area contributed by atoms with Gasteiger partial charge >= 0.3 is 0 Å². The number of aromatic nitrogens is 3. The molecule has 0 spiro atoms. The van der Waals surface area contributed by atoms with Gasteiger partial charge in [-0.25, -0.2) is 9.97 Å². The lowest BCUT2D eigenvalue weighted by atomic mass is 10.2. The molecule has 0 radical (unpaired) electrons. The van der Waals surface area contributed by atoms with E-state index in [1.165, 1.54) is 0 Å². The second kappa shape index (κ2) is 6.91. The minimum Gasteiger partial charge on any atom is -0.378 e. The molecular formula is C18H17N5O2S2. The number of ether oxygens (including phenoxy) is 1. The van der Waals surface area contributed by atoms with Crippen molar-refractivity contribution in [1.82, 2.24) is 14.4 Å². The highest BCUT2D eigenvalue weighted by molar-refractivity contribution is 7.22. The summed E-state index contributed by atoms with van der Waals surface area (Å²) in [7, 11) is 0. The number of anilines is 2. The Morgan fingerprint density at radius 1 is 1.26 bits per heavy atom. The fraction of sp³-hybridized carbons (Fsp3) is 0.278. The van der Waals surface area contributed by atoms with Crippen molar-refractivity contribution in [2.75, 3.05) is 36.5 Å². The second-order valence-corrected chi connectivity index (χ2v) is 8.21. The zero-order valence-corrected chi connectivity index (χ0v) is 16.1. The molecule has 1 aliphatic heterocycles. The van der Waals surface area contributed by atoms with Gasteiger partial charge in [0.05, 0.1) is 35.5 Å². The van der Waals surface area contributed by atoms with Crippen LogP contribution in [0.2, 0.25) is 0 Å². The van der Waals surface area contributed by atoms with Crippen LogP contribution in [0.3, 0.4) is 0 Å². The minimum atomic E-state index is -0.0713. The number of imidazole rings is 1. The summed E-state index contributed by atoms with van der Waals surface area (Å²) in [6, 6.07) is 5.84. The third-order valence-corrected chi connectivity index (χ3v) is 6.28. The number of hydrogen-bond donors (Lipinski definition) is 1. The van der Waals surface area contributed by atoms with Gasteiger partial charge in [0, 0.05) is 36.6 Å². The van der Waals surface area contributed by atoms with E-state index in [1.54, 1.807) is 22.7 Å². The van der Waals surface area contributed by atoms with Gasteiger partial charge in [0.25, 0.3) is 0 Å². The molecule has 0 atom stereocenters. The van der Waals surface area contributed by atoms with Crippen molar-refractivity contribution >= 4 is 54.6 Å². The average Bonchev–Trinajstić information content (AvgIpc) is 3.36. The molecule has 138 valence electrons. The Labute approximate surface area is 163 Å². The van der Waals surface area contributed by atoms with Crippen LogP contribution >= 0.6 is 22.7 Å². The average molecular weight is 400 g/mol. The highest BCUT2D eigenvalue weighted by Crippen LogP contribution is 2.31. The Hall–Kier alpha value is -2.49. The van der Waals surface area contributed by atoms with Crippen LogP contribution in [0.4, 0.5) is 10.8 Å². The van der Waals surface area contributed by atoms with Crippen LogP contribution in [-0.4, -0.2) is 46.6 Å². The molecule has 1 amide bonds. The van der Waals surface area contributed by atoms with Gasteiger partial charge in [-0.05, 0) is 18.2 Å². The summed E-state index contributed by atoms with van der Waals surface area (Å²) in [6.07, 6.45) is 4.10. The Kier molecular flexibility index (Phi) is 4.27. The molecule has 1 saturated heterocycles. The molecule has 1 N–H and O–H groups in total. The minimum absolute atomic E-state index is 0.0713. The number of nitrogens with zero attached hydrogens (tertiary/aromatic N) is 4. The number of nitrogens with one attached hydrogen (secondary N) is 1. The number of benzene rings is 1. The molecule has 0 aliphatic carbocycles. The van der Waals surface area contributed by atoms with Crippen LogP contribution in [0, 0.1) is 0 Å². The molecule has 7 nitrogen and oxygen atoms in total. The van der Waals surface area contributed by atoms with Gasteiger partial charge in [0.15, 0.2) is 10.1 Å². The lowest BCUT2D eigenvalue weighted by Crippen LogP contribution is -2.36. The number of amides is 1. The first kappa shape index (κ1) is 16.7. The van der Waals surface area contributed by atoms with Gasteiger partial charge in [0.2, 0.25) is 5.91 Å². The number of thiazole rings is 2. The van der Waals surface area contributed by atoms with Crippen LogP contribution in [0.15, 0.2) is 36.0 Å². The smallest absolute Gasteiger partial charge is 0.230 e. The van der Waals surface area contributed by atoms with Gasteiger partial charge in [-0.3, -0.25) is 9.20 Å². The van der Waals surface area contributed by atoms with E-state index in [9.17, 15) is 4.79 Å². The van der Waals surface area contributed by atoms with Crippen LogP contribution in [0.1, 0.15) is 5.69 Å². The summed E-state index contributed by atoms with van der Waals surface area (Å²) >= 11 is 3.20. The molecule has 1 fully saturated rings. The van der Waals surface area contributed by atoms with Crippen molar-refractivity contribution in [3.8, 4) is 0 Å². The molecular weight excluding hydrogens is 382 g/mol. The topological polar surface area (TPSA) is 71.8 Å². The lowest BCUT2D eigenvalue weighted by Gasteiger charge is -2.25. The maximum absolute atomic E-state index is 12.4. The molecule has 0 saturated carbocycles. The van der Waals surface area contributed by atoms with Crippen LogP contribution in [0.5, 0.6) is 0 Å². The summed E-state index contributed by atoms with van der Waals surface area (Å²) in [6.45, 7) is 3.21. The van der Waals surface area contributed by atoms with Crippen molar-refractivity contribution in [2.24, 2.45) is 0 Å². The Morgan fingerprint density at radius 3 is 3.00 bits per heavy atom. The van der Waals surface area contributed by atoms with Gasteiger partial charge in [-0.15, -0.1) is 11.3 Å². The van der Waals surface area contributed by atoms with E-state index in [4.69, 9.17) is 9.72 Å². The van der Waals surface area contributed by atoms with Gasteiger partial charge in [-0.2, -0.15) is 0 Å². The SMILES string of the molecule is O=C(Cc1cn2ccsc2n1)Nc1ccc2nc(N3CCOCC3)sc2c1. The van der Waals surface area contributed by atoms with E-state index in [-0.39, 0.29) is 12.3 Å².